The fourth-order valence-electron chi connectivity index (χ4n) is 1.76. The van der Waals surface area contributed by atoms with E-state index in [0.29, 0.717) is 6.47 Å². The Bertz CT molecular complexity index is 382. The summed E-state index contributed by atoms with van der Waals surface area (Å²) in [6.45, 7) is 10.5. The van der Waals surface area contributed by atoms with E-state index in [9.17, 15) is 4.79 Å². The van der Waals surface area contributed by atoms with E-state index in [1.807, 2.05) is 33.2 Å². The van der Waals surface area contributed by atoms with Gasteiger partial charge in [0.2, 0.25) is 0 Å². The van der Waals surface area contributed by atoms with Crippen molar-refractivity contribution >= 4 is 12.2 Å². The number of carbonyl (C=O) groups is 1. The fraction of sp³-hybridized carbons (Fsp3) is 0.600. The average molecular weight is 279 g/mol. The highest BCUT2D eigenvalue weighted by molar-refractivity contribution is 5.44. The number of piperazine rings is 1. The van der Waals surface area contributed by atoms with Crippen LogP contribution >= 0.6 is 0 Å². The van der Waals surface area contributed by atoms with Crippen LogP contribution < -0.4 is 4.90 Å². The highest BCUT2D eigenvalue weighted by Gasteiger charge is 2.13. The second kappa shape index (κ2) is 7.85. The lowest BCUT2D eigenvalue weighted by Crippen LogP contribution is -2.44. The number of pyridine rings is 1. The van der Waals surface area contributed by atoms with Crippen molar-refractivity contribution in [2.75, 3.05) is 38.1 Å². The van der Waals surface area contributed by atoms with E-state index in [2.05, 4.69) is 38.7 Å². The average Bonchev–Trinajstić information content (AvgIpc) is 2.40. The molecule has 1 fully saturated rings. The van der Waals surface area contributed by atoms with Gasteiger partial charge in [0.05, 0.1) is 0 Å². The van der Waals surface area contributed by atoms with Gasteiger partial charge in [0.1, 0.15) is 5.60 Å². The van der Waals surface area contributed by atoms with E-state index >= 15 is 0 Å². The summed E-state index contributed by atoms with van der Waals surface area (Å²) in [5.41, 5.74) is 0.977. The Kier molecular flexibility index (Phi) is 6.45. The molecule has 112 valence electrons. The second-order valence-electron chi connectivity index (χ2n) is 5.82. The third kappa shape index (κ3) is 6.52. The molecule has 0 aromatic carbocycles. The molecular weight excluding hydrogens is 254 g/mol. The molecule has 0 amide bonds. The van der Waals surface area contributed by atoms with Crippen LogP contribution in [0, 0.1) is 0 Å². The van der Waals surface area contributed by atoms with Gasteiger partial charge in [-0.25, -0.2) is 0 Å². The highest BCUT2D eigenvalue weighted by Crippen LogP contribution is 2.13. The number of ether oxygens (including phenoxy) is 1. The van der Waals surface area contributed by atoms with Crippen molar-refractivity contribution in [3.8, 4) is 0 Å². The van der Waals surface area contributed by atoms with Crippen molar-refractivity contribution in [2.24, 2.45) is 0 Å². The zero-order valence-corrected chi connectivity index (χ0v) is 12.9. The molecule has 0 atom stereocenters. The van der Waals surface area contributed by atoms with Gasteiger partial charge in [0, 0.05) is 44.3 Å². The molecule has 1 aromatic heterocycles. The van der Waals surface area contributed by atoms with Gasteiger partial charge in [-0.15, -0.1) is 0 Å². The number of hydrogen-bond donors (Lipinski definition) is 0. The molecular formula is C15H25N3O2. The van der Waals surface area contributed by atoms with Gasteiger partial charge in [0.25, 0.3) is 6.47 Å². The molecule has 0 N–H and O–H groups in total. The fourth-order valence-corrected chi connectivity index (χ4v) is 1.76. The molecule has 1 aromatic rings. The van der Waals surface area contributed by atoms with Crippen LogP contribution in [0.4, 0.5) is 5.69 Å². The summed E-state index contributed by atoms with van der Waals surface area (Å²) < 4.78 is 4.55. The van der Waals surface area contributed by atoms with Gasteiger partial charge < -0.3 is 14.5 Å². The molecule has 0 saturated carbocycles. The molecule has 1 aliphatic heterocycles. The van der Waals surface area contributed by atoms with Crippen LogP contribution in [-0.2, 0) is 9.53 Å². The highest BCUT2D eigenvalue weighted by atomic mass is 16.5. The van der Waals surface area contributed by atoms with Crippen LogP contribution in [0.1, 0.15) is 20.8 Å². The number of nitrogens with zero attached hydrogens (tertiary/aromatic N) is 3. The minimum atomic E-state index is -0.318. The largest absolute Gasteiger partial charge is 0.462 e. The summed E-state index contributed by atoms with van der Waals surface area (Å²) in [4.78, 5) is 18.4. The van der Waals surface area contributed by atoms with Crippen LogP contribution in [0.25, 0.3) is 0 Å². The van der Waals surface area contributed by atoms with Crippen LogP contribution in [0.3, 0.4) is 0 Å². The van der Waals surface area contributed by atoms with Gasteiger partial charge in [-0.2, -0.15) is 0 Å². The lowest BCUT2D eigenvalue weighted by Gasteiger charge is -2.33. The number of anilines is 1. The van der Waals surface area contributed by atoms with Crippen molar-refractivity contribution < 1.29 is 9.53 Å². The molecule has 0 radical (unpaired) electrons. The summed E-state index contributed by atoms with van der Waals surface area (Å²) in [6, 6.07) is 4.15. The minimum absolute atomic E-state index is 0.318. The maximum atomic E-state index is 9.60. The van der Waals surface area contributed by atoms with Crippen molar-refractivity contribution in [3.05, 3.63) is 24.5 Å². The zero-order chi connectivity index (χ0) is 15.0. The second-order valence-corrected chi connectivity index (χ2v) is 5.82. The Morgan fingerprint density at radius 3 is 2.10 bits per heavy atom. The summed E-state index contributed by atoms with van der Waals surface area (Å²) in [5.74, 6) is 0. The van der Waals surface area contributed by atoms with E-state index in [0.717, 1.165) is 26.2 Å². The van der Waals surface area contributed by atoms with E-state index in [1.54, 1.807) is 0 Å². The summed E-state index contributed by atoms with van der Waals surface area (Å²) >= 11 is 0. The molecule has 1 aliphatic rings. The maximum Gasteiger partial charge on any atom is 0.293 e. The minimum Gasteiger partial charge on any atom is -0.462 e. The predicted molar refractivity (Wildman–Crippen MR) is 80.8 cm³/mol. The molecule has 5 heteroatoms. The summed E-state index contributed by atoms with van der Waals surface area (Å²) in [6.07, 6.45) is 3.71. The van der Waals surface area contributed by atoms with Crippen LogP contribution in [0.5, 0.6) is 0 Å². The van der Waals surface area contributed by atoms with E-state index in [1.165, 1.54) is 5.69 Å². The Morgan fingerprint density at radius 2 is 1.70 bits per heavy atom. The first-order valence-corrected chi connectivity index (χ1v) is 6.87. The van der Waals surface area contributed by atoms with Crippen molar-refractivity contribution in [1.82, 2.24) is 9.88 Å². The number of aromatic nitrogens is 1. The number of rotatable bonds is 2. The third-order valence-corrected chi connectivity index (χ3v) is 2.93. The van der Waals surface area contributed by atoms with Crippen LogP contribution in [0.15, 0.2) is 24.5 Å². The normalized spacial score (nSPS) is 16.1. The molecule has 5 nitrogen and oxygen atoms in total. The molecule has 2 rings (SSSR count). The van der Waals surface area contributed by atoms with Crippen LogP contribution in [-0.4, -0.2) is 55.2 Å². The van der Waals surface area contributed by atoms with Gasteiger partial charge in [-0.05, 0) is 40.0 Å². The number of carbonyl (C=O) groups excluding carboxylic acids is 1. The first-order valence-electron chi connectivity index (χ1n) is 6.87. The molecule has 0 aliphatic carbocycles. The summed E-state index contributed by atoms with van der Waals surface area (Å²) in [7, 11) is 2.17. The Balaban J connectivity index is 0.000000246. The first-order chi connectivity index (χ1) is 9.42. The first kappa shape index (κ1) is 16.4. The van der Waals surface area contributed by atoms with E-state index in [-0.39, 0.29) is 5.60 Å². The zero-order valence-electron chi connectivity index (χ0n) is 12.9. The Labute approximate surface area is 121 Å². The predicted octanol–water partition coefficient (Wildman–Crippen LogP) is 1.79. The molecule has 0 unspecified atom stereocenters. The monoisotopic (exact) mass is 279 g/mol. The van der Waals surface area contributed by atoms with Crippen molar-refractivity contribution in [3.63, 3.8) is 0 Å². The lowest BCUT2D eigenvalue weighted by atomic mass is 10.2. The third-order valence-electron chi connectivity index (χ3n) is 2.93. The SMILES string of the molecule is CC(C)(C)OC=O.CN1CCN(c2ccncc2)CC1. The van der Waals surface area contributed by atoms with Gasteiger partial charge >= 0.3 is 0 Å². The van der Waals surface area contributed by atoms with Gasteiger partial charge in [-0.1, -0.05) is 0 Å². The van der Waals surface area contributed by atoms with Crippen molar-refractivity contribution in [2.45, 2.75) is 26.4 Å². The molecule has 0 spiro atoms. The van der Waals surface area contributed by atoms with E-state index in [4.69, 9.17) is 0 Å². The molecule has 1 saturated heterocycles. The Hall–Kier alpha value is -1.62. The molecule has 0 bridgehead atoms. The smallest absolute Gasteiger partial charge is 0.293 e. The number of likely N-dealkylation sites (N-methyl/N-ethyl adjacent to an activating group) is 1. The van der Waals surface area contributed by atoms with E-state index < -0.39 is 0 Å². The molecule has 20 heavy (non-hydrogen) atoms. The van der Waals surface area contributed by atoms with Crippen LogP contribution in [0.2, 0.25) is 0 Å². The van der Waals surface area contributed by atoms with Crippen molar-refractivity contribution in [1.29, 1.82) is 0 Å². The van der Waals surface area contributed by atoms with Gasteiger partial charge in [-0.3, -0.25) is 9.78 Å². The topological polar surface area (TPSA) is 45.7 Å². The molecule has 2 heterocycles. The lowest BCUT2D eigenvalue weighted by molar-refractivity contribution is -0.138. The maximum absolute atomic E-state index is 9.60. The number of hydrogen-bond acceptors (Lipinski definition) is 5. The van der Waals surface area contributed by atoms with Gasteiger partial charge in [0.15, 0.2) is 0 Å². The Morgan fingerprint density at radius 1 is 1.15 bits per heavy atom. The standard InChI is InChI=1S/C10H15N3.C5H10O2/c1-12-6-8-13(9-7-12)10-2-4-11-5-3-10;1-5(2,3)7-4-6/h2-5H,6-9H2,1H3;4H,1-3H3. The quantitative estimate of drug-likeness (QED) is 0.772. The summed E-state index contributed by atoms with van der Waals surface area (Å²) in [5, 5.41) is 0.